The summed E-state index contributed by atoms with van der Waals surface area (Å²) in [6, 6.07) is 3.50. The molecule has 0 fully saturated rings. The molecule has 20 heavy (non-hydrogen) atoms. The first-order valence-corrected chi connectivity index (χ1v) is 6.74. The number of nitrogens with zero attached hydrogens (tertiary/aromatic N) is 1. The Labute approximate surface area is 119 Å². The van der Waals surface area contributed by atoms with Crippen LogP contribution in [0.1, 0.15) is 24.3 Å². The third-order valence-corrected chi connectivity index (χ3v) is 2.42. The molecule has 0 aromatic carbocycles. The average molecular weight is 281 g/mol. The fourth-order valence-corrected chi connectivity index (χ4v) is 1.56. The van der Waals surface area contributed by atoms with Gasteiger partial charge in [-0.3, -0.25) is 4.79 Å². The zero-order chi connectivity index (χ0) is 14.8. The van der Waals surface area contributed by atoms with E-state index < -0.39 is 0 Å². The molecule has 0 aliphatic heterocycles. The second-order valence-electron chi connectivity index (χ2n) is 4.52. The number of rotatable bonds is 9. The molecule has 1 heterocycles. The van der Waals surface area contributed by atoms with Crippen molar-refractivity contribution in [3.63, 3.8) is 0 Å². The monoisotopic (exact) mass is 281 g/mol. The summed E-state index contributed by atoms with van der Waals surface area (Å²) in [7, 11) is 1.65. The van der Waals surface area contributed by atoms with E-state index in [4.69, 9.17) is 9.47 Å². The predicted octanol–water partition coefficient (Wildman–Crippen LogP) is 0.835. The van der Waals surface area contributed by atoms with E-state index in [-0.39, 0.29) is 12.0 Å². The Hall–Kier alpha value is -1.66. The van der Waals surface area contributed by atoms with E-state index in [1.54, 1.807) is 25.4 Å². The first-order chi connectivity index (χ1) is 9.65. The number of pyridine rings is 1. The number of amides is 1. The van der Waals surface area contributed by atoms with Gasteiger partial charge in [0.1, 0.15) is 0 Å². The maximum absolute atomic E-state index is 12.0. The molecule has 0 aliphatic rings. The van der Waals surface area contributed by atoms with E-state index in [1.165, 1.54) is 0 Å². The van der Waals surface area contributed by atoms with Gasteiger partial charge in [0.2, 0.25) is 0 Å². The Morgan fingerprint density at radius 1 is 1.35 bits per heavy atom. The van der Waals surface area contributed by atoms with Crippen LogP contribution >= 0.6 is 0 Å². The van der Waals surface area contributed by atoms with Crippen molar-refractivity contribution in [3.05, 3.63) is 24.0 Å². The minimum atomic E-state index is -0.227. The number of aromatic nitrogens is 1. The Kier molecular flexibility index (Phi) is 7.60. The van der Waals surface area contributed by atoms with Crippen molar-refractivity contribution in [2.75, 3.05) is 33.4 Å². The highest BCUT2D eigenvalue weighted by Crippen LogP contribution is 2.16. The first-order valence-electron chi connectivity index (χ1n) is 6.74. The van der Waals surface area contributed by atoms with Gasteiger partial charge >= 0.3 is 0 Å². The molecular formula is C14H23N3O3. The summed E-state index contributed by atoms with van der Waals surface area (Å²) in [4.78, 5) is 16.1. The van der Waals surface area contributed by atoms with Gasteiger partial charge in [-0.15, -0.1) is 0 Å². The Morgan fingerprint density at radius 3 is 2.85 bits per heavy atom. The van der Waals surface area contributed by atoms with Gasteiger partial charge in [0, 0.05) is 32.9 Å². The normalized spacial score (nSPS) is 10.6. The fourth-order valence-electron chi connectivity index (χ4n) is 1.56. The van der Waals surface area contributed by atoms with E-state index >= 15 is 0 Å². The molecule has 1 rings (SSSR count). The zero-order valence-electron chi connectivity index (χ0n) is 12.3. The molecule has 6 nitrogen and oxygen atoms in total. The van der Waals surface area contributed by atoms with Gasteiger partial charge in [-0.25, -0.2) is 4.98 Å². The van der Waals surface area contributed by atoms with Crippen LogP contribution in [-0.2, 0) is 4.74 Å². The van der Waals surface area contributed by atoms with Crippen LogP contribution in [-0.4, -0.2) is 50.3 Å². The smallest absolute Gasteiger partial charge is 0.273 e. The number of ether oxygens (including phenoxy) is 2. The second kappa shape index (κ2) is 9.28. The summed E-state index contributed by atoms with van der Waals surface area (Å²) in [6.07, 6.45) is 1.58. The van der Waals surface area contributed by atoms with Gasteiger partial charge in [-0.05, 0) is 26.0 Å². The molecule has 0 radical (unpaired) electrons. The van der Waals surface area contributed by atoms with Crippen LogP contribution in [0, 0.1) is 0 Å². The Balaban J connectivity index is 2.43. The molecule has 6 heteroatoms. The standard InChI is InChI=1S/C14H23N3O3/c1-11(2)20-12-5-4-6-16-13(12)14(18)17-8-7-15-9-10-19-3/h4-6,11,15H,7-10H2,1-3H3,(H,17,18). The van der Waals surface area contributed by atoms with Gasteiger partial charge in [0.15, 0.2) is 11.4 Å². The van der Waals surface area contributed by atoms with Crippen LogP contribution in [0.4, 0.5) is 0 Å². The van der Waals surface area contributed by atoms with E-state index in [1.807, 2.05) is 13.8 Å². The van der Waals surface area contributed by atoms with Crippen LogP contribution in [0.2, 0.25) is 0 Å². The summed E-state index contributed by atoms with van der Waals surface area (Å²) in [5.74, 6) is 0.280. The van der Waals surface area contributed by atoms with Gasteiger partial charge < -0.3 is 20.1 Å². The van der Waals surface area contributed by atoms with Gasteiger partial charge in [0.05, 0.1) is 12.7 Å². The van der Waals surface area contributed by atoms with Crippen LogP contribution in [0.3, 0.4) is 0 Å². The predicted molar refractivity (Wildman–Crippen MR) is 77.1 cm³/mol. The number of hydrogen-bond donors (Lipinski definition) is 2. The number of methoxy groups -OCH3 is 1. The molecule has 1 amide bonds. The van der Waals surface area contributed by atoms with E-state index in [9.17, 15) is 4.79 Å². The van der Waals surface area contributed by atoms with E-state index in [2.05, 4.69) is 15.6 Å². The molecular weight excluding hydrogens is 258 g/mol. The molecule has 0 spiro atoms. The first kappa shape index (κ1) is 16.4. The van der Waals surface area contributed by atoms with Crippen LogP contribution < -0.4 is 15.4 Å². The minimum Gasteiger partial charge on any atom is -0.489 e. The van der Waals surface area contributed by atoms with Crippen LogP contribution in [0.25, 0.3) is 0 Å². The highest BCUT2D eigenvalue weighted by Gasteiger charge is 2.14. The van der Waals surface area contributed by atoms with E-state index in [0.29, 0.717) is 31.1 Å². The lowest BCUT2D eigenvalue weighted by Gasteiger charge is -2.13. The summed E-state index contributed by atoms with van der Waals surface area (Å²) < 4.78 is 10.5. The van der Waals surface area contributed by atoms with E-state index in [0.717, 1.165) is 6.54 Å². The SMILES string of the molecule is COCCNCCNC(=O)c1ncccc1OC(C)C. The molecule has 0 unspecified atom stereocenters. The number of carbonyl (C=O) groups excluding carboxylic acids is 1. The molecule has 0 bridgehead atoms. The summed E-state index contributed by atoms with van der Waals surface area (Å²) in [5.41, 5.74) is 0.318. The Bertz CT molecular complexity index is 410. The highest BCUT2D eigenvalue weighted by atomic mass is 16.5. The maximum Gasteiger partial charge on any atom is 0.273 e. The van der Waals surface area contributed by atoms with Crippen molar-refractivity contribution < 1.29 is 14.3 Å². The van der Waals surface area contributed by atoms with Gasteiger partial charge in [-0.1, -0.05) is 0 Å². The number of carbonyl (C=O) groups is 1. The quantitative estimate of drug-likeness (QED) is 0.656. The summed E-state index contributed by atoms with van der Waals surface area (Å²) >= 11 is 0. The lowest BCUT2D eigenvalue weighted by atomic mass is 10.3. The third kappa shape index (κ3) is 5.99. The van der Waals surface area contributed by atoms with Crippen molar-refractivity contribution in [1.29, 1.82) is 0 Å². The van der Waals surface area contributed by atoms with Crippen molar-refractivity contribution in [2.24, 2.45) is 0 Å². The molecule has 0 saturated carbocycles. The Morgan fingerprint density at radius 2 is 2.15 bits per heavy atom. The summed E-state index contributed by atoms with van der Waals surface area (Å²) in [6.45, 7) is 6.45. The molecule has 0 atom stereocenters. The number of hydrogen-bond acceptors (Lipinski definition) is 5. The fraction of sp³-hybridized carbons (Fsp3) is 0.571. The van der Waals surface area contributed by atoms with Crippen molar-refractivity contribution >= 4 is 5.91 Å². The lowest BCUT2D eigenvalue weighted by Crippen LogP contribution is -2.33. The van der Waals surface area contributed by atoms with Crippen LogP contribution in [0.5, 0.6) is 5.75 Å². The van der Waals surface area contributed by atoms with Crippen molar-refractivity contribution in [1.82, 2.24) is 15.6 Å². The topological polar surface area (TPSA) is 72.5 Å². The van der Waals surface area contributed by atoms with Crippen molar-refractivity contribution in [2.45, 2.75) is 20.0 Å². The van der Waals surface area contributed by atoms with Crippen LogP contribution in [0.15, 0.2) is 18.3 Å². The largest absolute Gasteiger partial charge is 0.489 e. The van der Waals surface area contributed by atoms with Gasteiger partial charge in [0.25, 0.3) is 5.91 Å². The minimum absolute atomic E-state index is 0.00135. The molecule has 112 valence electrons. The molecule has 2 N–H and O–H groups in total. The average Bonchev–Trinajstić information content (AvgIpc) is 2.42. The maximum atomic E-state index is 12.0. The zero-order valence-corrected chi connectivity index (χ0v) is 12.3. The molecule has 1 aromatic rings. The third-order valence-electron chi connectivity index (χ3n) is 2.42. The second-order valence-corrected chi connectivity index (χ2v) is 4.52. The summed E-state index contributed by atoms with van der Waals surface area (Å²) in [5, 5.41) is 5.95. The van der Waals surface area contributed by atoms with Gasteiger partial charge in [-0.2, -0.15) is 0 Å². The molecule has 0 aliphatic carbocycles. The lowest BCUT2D eigenvalue weighted by molar-refractivity contribution is 0.0942. The molecule has 1 aromatic heterocycles. The van der Waals surface area contributed by atoms with Crippen molar-refractivity contribution in [3.8, 4) is 5.75 Å². The number of nitrogens with one attached hydrogen (secondary N) is 2. The molecule has 0 saturated heterocycles. The highest BCUT2D eigenvalue weighted by molar-refractivity contribution is 5.94.